The average molecular weight is 459 g/mol. The van der Waals surface area contributed by atoms with Crippen molar-refractivity contribution in [3.8, 4) is 0 Å². The standard InChI is InChI=1S/Cd.Hg.H2Se.Zn/h;;1H2;. The molecule has 0 N–H and O–H groups in total. The second-order valence-corrected chi connectivity index (χ2v) is 0. The van der Waals surface area contributed by atoms with Gasteiger partial charge in [0, 0.05) is 74.4 Å². The molecular weight excluding hydrogens is 457 g/mol. The zero-order valence-corrected chi connectivity index (χ0v) is 17.2. The van der Waals surface area contributed by atoms with Crippen molar-refractivity contribution in [1.82, 2.24) is 0 Å². The first-order valence-electron chi connectivity index (χ1n) is 0. The van der Waals surface area contributed by atoms with Crippen LogP contribution in [0.4, 0.5) is 0 Å². The van der Waals surface area contributed by atoms with Gasteiger partial charge in [-0.2, -0.15) is 0 Å². The summed E-state index contributed by atoms with van der Waals surface area (Å²) in [5, 5.41) is 0. The summed E-state index contributed by atoms with van der Waals surface area (Å²) < 4.78 is 0. The Balaban J connectivity index is 0. The van der Waals surface area contributed by atoms with Crippen LogP contribution in [0.25, 0.3) is 0 Å². The van der Waals surface area contributed by atoms with Gasteiger partial charge in [-0.05, 0) is 0 Å². The van der Waals surface area contributed by atoms with Gasteiger partial charge in [-0.25, -0.2) is 0 Å². The van der Waals surface area contributed by atoms with Crippen molar-refractivity contribution in [2.24, 2.45) is 0 Å². The molecular formula is H2CdHgSeZn. The maximum absolute atomic E-state index is 0. The zero-order chi connectivity index (χ0) is 0. The molecule has 0 aromatic rings. The van der Waals surface area contributed by atoms with Crippen LogP contribution in [-0.4, -0.2) is 17.1 Å². The Labute approximate surface area is 89.8 Å². The third-order valence-electron chi connectivity index (χ3n) is 0. The first-order valence-corrected chi connectivity index (χ1v) is 0. The van der Waals surface area contributed by atoms with E-state index in [-0.39, 0.29) is 91.5 Å². The zero-order valence-electron chi connectivity index (χ0n) is 2.62. The minimum absolute atomic E-state index is 0. The van der Waals surface area contributed by atoms with Crippen molar-refractivity contribution in [1.29, 1.82) is 0 Å². The fourth-order valence-corrected chi connectivity index (χ4v) is 0. The minimum Gasteiger partial charge on any atom is 0 e. The van der Waals surface area contributed by atoms with Crippen LogP contribution in [0.5, 0.6) is 0 Å². The second kappa shape index (κ2) is 16.7. The molecule has 4 heavy (non-hydrogen) atoms. The van der Waals surface area contributed by atoms with Crippen molar-refractivity contribution >= 4 is 17.1 Å². The van der Waals surface area contributed by atoms with E-state index in [4.69, 9.17) is 0 Å². The Bertz CT molecular complexity index is 8.00. The van der Waals surface area contributed by atoms with Crippen molar-refractivity contribution in [2.45, 2.75) is 0 Å². The van der Waals surface area contributed by atoms with E-state index in [0.717, 1.165) is 0 Å². The summed E-state index contributed by atoms with van der Waals surface area (Å²) in [6, 6.07) is 0. The van der Waals surface area contributed by atoms with Gasteiger partial charge in [0.1, 0.15) is 0 Å². The monoisotopic (exact) mass is 462 g/mol. The van der Waals surface area contributed by atoms with Crippen LogP contribution in [0, 0.1) is 0 Å². The average Bonchev–Trinajstić information content (AvgIpc) is 0. The van der Waals surface area contributed by atoms with Crippen molar-refractivity contribution in [3.63, 3.8) is 0 Å². The Kier molecular flexibility index (Phi) is 117. The molecule has 0 bridgehead atoms. The van der Waals surface area contributed by atoms with Gasteiger partial charge in [-0.3, -0.25) is 0 Å². The van der Waals surface area contributed by atoms with Crippen LogP contribution in [-0.2, 0) is 74.4 Å². The molecule has 0 saturated heterocycles. The molecule has 0 aliphatic rings. The normalized spacial score (nSPS) is 0. The van der Waals surface area contributed by atoms with Gasteiger partial charge >= 0.3 is 17.1 Å². The van der Waals surface area contributed by atoms with Crippen LogP contribution >= 0.6 is 0 Å². The second-order valence-electron chi connectivity index (χ2n) is 0. The largest absolute Gasteiger partial charge is 0 e. The molecule has 14 valence electrons. The summed E-state index contributed by atoms with van der Waals surface area (Å²) in [6.45, 7) is 0. The van der Waals surface area contributed by atoms with E-state index in [9.17, 15) is 0 Å². The van der Waals surface area contributed by atoms with Gasteiger partial charge in [-0.15, -0.1) is 0 Å². The smallest absolute Gasteiger partial charge is 0 e. The molecule has 0 spiro atoms. The third kappa shape index (κ3) is 8.89. The van der Waals surface area contributed by atoms with Gasteiger partial charge in [0.05, 0.1) is 0 Å². The molecule has 0 aliphatic carbocycles. The van der Waals surface area contributed by atoms with E-state index in [1.165, 1.54) is 0 Å². The van der Waals surface area contributed by atoms with Crippen LogP contribution in [0.2, 0.25) is 0 Å². The maximum Gasteiger partial charge on any atom is 0 e. The van der Waals surface area contributed by atoms with Crippen LogP contribution in [0.3, 0.4) is 0 Å². The Morgan fingerprint density at radius 1 is 1.00 bits per heavy atom. The van der Waals surface area contributed by atoms with Gasteiger partial charge in [0.2, 0.25) is 0 Å². The molecule has 0 radical (unpaired) electrons. The summed E-state index contributed by atoms with van der Waals surface area (Å²) in [6.07, 6.45) is 0. The Morgan fingerprint density at radius 2 is 1.00 bits per heavy atom. The molecule has 0 aromatic heterocycles. The molecule has 0 heterocycles. The fourth-order valence-electron chi connectivity index (χ4n) is 0. The van der Waals surface area contributed by atoms with Gasteiger partial charge in [-0.1, -0.05) is 0 Å². The summed E-state index contributed by atoms with van der Waals surface area (Å²) in [4.78, 5) is 0. The molecule has 0 fully saturated rings. The molecule has 4 heteroatoms. The van der Waals surface area contributed by atoms with Crippen LogP contribution in [0.15, 0.2) is 0 Å². The van der Waals surface area contributed by atoms with E-state index in [1.54, 1.807) is 0 Å². The van der Waals surface area contributed by atoms with Crippen LogP contribution < -0.4 is 0 Å². The van der Waals surface area contributed by atoms with E-state index in [1.807, 2.05) is 0 Å². The number of hydrogen-bond donors (Lipinski definition) is 0. The van der Waals surface area contributed by atoms with Crippen molar-refractivity contribution in [2.75, 3.05) is 0 Å². The Hall–Kier alpha value is 3.00. The van der Waals surface area contributed by atoms with Crippen molar-refractivity contribution < 1.29 is 74.4 Å². The van der Waals surface area contributed by atoms with Crippen molar-refractivity contribution in [3.05, 3.63) is 0 Å². The first-order chi connectivity index (χ1) is 0. The van der Waals surface area contributed by atoms with Crippen LogP contribution in [0.1, 0.15) is 0 Å². The maximum atomic E-state index is 0. The molecule has 0 amide bonds. The SMILES string of the molecule is [Cd].[Hg].[SeH2].[Zn]. The van der Waals surface area contributed by atoms with Gasteiger partial charge in [0.15, 0.2) is 0 Å². The molecule has 0 nitrogen and oxygen atoms in total. The topological polar surface area (TPSA) is 0 Å². The molecule has 0 unspecified atom stereocenters. The minimum atomic E-state index is 0. The summed E-state index contributed by atoms with van der Waals surface area (Å²) in [5.41, 5.74) is 0. The number of rotatable bonds is 0. The fraction of sp³-hybridized carbons (Fsp3) is 0. The molecule has 0 rings (SSSR count). The summed E-state index contributed by atoms with van der Waals surface area (Å²) >= 11 is 0. The van der Waals surface area contributed by atoms with Gasteiger partial charge in [0.25, 0.3) is 0 Å². The molecule has 0 saturated carbocycles. The molecule has 0 atom stereocenters. The van der Waals surface area contributed by atoms with E-state index in [2.05, 4.69) is 0 Å². The third-order valence-corrected chi connectivity index (χ3v) is 0. The quantitative estimate of drug-likeness (QED) is 0.411. The predicted molar refractivity (Wildman–Crippen MR) is 8.54 cm³/mol. The molecule has 0 aromatic carbocycles. The van der Waals surface area contributed by atoms with E-state index in [0.29, 0.717) is 0 Å². The molecule has 0 aliphatic heterocycles. The van der Waals surface area contributed by atoms with E-state index >= 15 is 0 Å². The Morgan fingerprint density at radius 3 is 1.00 bits per heavy atom. The predicted octanol–water partition coefficient (Wildman–Crippen LogP) is -0.924. The first kappa shape index (κ1) is 28.0. The van der Waals surface area contributed by atoms with Gasteiger partial charge < -0.3 is 0 Å². The number of hydrogen-bond acceptors (Lipinski definition) is 0. The van der Waals surface area contributed by atoms with E-state index < -0.39 is 0 Å². The summed E-state index contributed by atoms with van der Waals surface area (Å²) in [5.74, 6) is 0. The summed E-state index contributed by atoms with van der Waals surface area (Å²) in [7, 11) is 0.